The first-order chi connectivity index (χ1) is 9.13. The molecular weight excluding hydrogens is 239 g/mol. The van der Waals surface area contributed by atoms with E-state index in [2.05, 4.69) is 24.2 Å². The van der Waals surface area contributed by atoms with Crippen molar-refractivity contribution in [2.24, 2.45) is 5.92 Å². The van der Waals surface area contributed by atoms with Crippen LogP contribution in [0.2, 0.25) is 0 Å². The van der Waals surface area contributed by atoms with E-state index in [0.717, 1.165) is 12.8 Å². The molecule has 19 heavy (non-hydrogen) atoms. The van der Waals surface area contributed by atoms with Crippen molar-refractivity contribution < 1.29 is 4.39 Å². The molecule has 0 bridgehead atoms. The van der Waals surface area contributed by atoms with E-state index in [4.69, 9.17) is 0 Å². The van der Waals surface area contributed by atoms with Gasteiger partial charge in [-0.3, -0.25) is 0 Å². The minimum Gasteiger partial charge on any atom is -0.307 e. The number of halogens is 1. The Morgan fingerprint density at radius 3 is 2.95 bits per heavy atom. The van der Waals surface area contributed by atoms with Crippen LogP contribution in [-0.4, -0.2) is 31.1 Å². The fourth-order valence-electron chi connectivity index (χ4n) is 3.62. The predicted molar refractivity (Wildman–Crippen MR) is 75.7 cm³/mol. The molecule has 1 saturated heterocycles. The summed E-state index contributed by atoms with van der Waals surface area (Å²) in [6, 6.07) is 6.28. The van der Waals surface area contributed by atoms with Gasteiger partial charge in [0.2, 0.25) is 0 Å². The minimum atomic E-state index is -0.105. The molecule has 0 radical (unpaired) electrons. The van der Waals surface area contributed by atoms with Gasteiger partial charge < -0.3 is 10.2 Å². The number of piperidine rings is 1. The van der Waals surface area contributed by atoms with Crippen molar-refractivity contribution in [3.63, 3.8) is 0 Å². The summed E-state index contributed by atoms with van der Waals surface area (Å²) in [4.78, 5) is 2.40. The van der Waals surface area contributed by atoms with Crippen LogP contribution in [0.4, 0.5) is 4.39 Å². The van der Waals surface area contributed by atoms with Gasteiger partial charge in [0.05, 0.1) is 0 Å². The summed E-state index contributed by atoms with van der Waals surface area (Å²) in [5.41, 5.74) is 2.51. The molecule has 2 nitrogen and oxygen atoms in total. The van der Waals surface area contributed by atoms with Crippen molar-refractivity contribution in [1.82, 2.24) is 10.2 Å². The third-order valence-corrected chi connectivity index (χ3v) is 4.71. The average molecular weight is 262 g/mol. The second-order valence-corrected chi connectivity index (χ2v) is 6.24. The first-order valence-electron chi connectivity index (χ1n) is 7.36. The number of rotatable bonds is 2. The lowest BCUT2D eigenvalue weighted by molar-refractivity contribution is 0.166. The molecule has 0 amide bonds. The molecule has 104 valence electrons. The topological polar surface area (TPSA) is 15.3 Å². The molecule has 3 atom stereocenters. The summed E-state index contributed by atoms with van der Waals surface area (Å²) in [5.74, 6) is 0.579. The zero-order valence-corrected chi connectivity index (χ0v) is 11.8. The van der Waals surface area contributed by atoms with Crippen molar-refractivity contribution in [3.8, 4) is 0 Å². The lowest BCUT2D eigenvalue weighted by atomic mass is 9.93. The van der Waals surface area contributed by atoms with E-state index in [9.17, 15) is 4.39 Å². The molecule has 0 saturated carbocycles. The van der Waals surface area contributed by atoms with Crippen molar-refractivity contribution in [1.29, 1.82) is 0 Å². The Hall–Kier alpha value is -0.930. The molecule has 3 rings (SSSR count). The van der Waals surface area contributed by atoms with Gasteiger partial charge in [0.15, 0.2) is 0 Å². The van der Waals surface area contributed by atoms with Crippen LogP contribution in [0.5, 0.6) is 0 Å². The van der Waals surface area contributed by atoms with E-state index in [0.29, 0.717) is 18.0 Å². The maximum Gasteiger partial charge on any atom is 0.123 e. The Balaban J connectivity index is 1.69. The second-order valence-electron chi connectivity index (χ2n) is 6.24. The highest BCUT2D eigenvalue weighted by molar-refractivity contribution is 5.35. The lowest BCUT2D eigenvalue weighted by Crippen LogP contribution is -2.47. The lowest BCUT2D eigenvalue weighted by Gasteiger charge is -2.37. The molecule has 1 fully saturated rings. The summed E-state index contributed by atoms with van der Waals surface area (Å²) >= 11 is 0. The number of nitrogens with one attached hydrogen (secondary N) is 1. The number of benzene rings is 1. The van der Waals surface area contributed by atoms with Gasteiger partial charge in [0, 0.05) is 18.6 Å². The summed E-state index contributed by atoms with van der Waals surface area (Å²) < 4.78 is 13.2. The van der Waals surface area contributed by atoms with Gasteiger partial charge in [-0.1, -0.05) is 13.0 Å². The summed E-state index contributed by atoms with van der Waals surface area (Å²) in [5, 5.41) is 3.81. The monoisotopic (exact) mass is 262 g/mol. The van der Waals surface area contributed by atoms with E-state index in [-0.39, 0.29) is 5.82 Å². The van der Waals surface area contributed by atoms with Gasteiger partial charge in [0.1, 0.15) is 5.82 Å². The molecule has 1 heterocycles. The third-order valence-electron chi connectivity index (χ3n) is 4.71. The Morgan fingerprint density at radius 1 is 1.32 bits per heavy atom. The first-order valence-corrected chi connectivity index (χ1v) is 7.36. The van der Waals surface area contributed by atoms with Crippen LogP contribution < -0.4 is 5.32 Å². The highest BCUT2D eigenvalue weighted by atomic mass is 19.1. The van der Waals surface area contributed by atoms with Crippen LogP contribution in [0.15, 0.2) is 18.2 Å². The van der Waals surface area contributed by atoms with Gasteiger partial charge in [-0.25, -0.2) is 4.39 Å². The fourth-order valence-corrected chi connectivity index (χ4v) is 3.62. The highest BCUT2D eigenvalue weighted by Gasteiger charge is 2.29. The SMILES string of the molecule is CC1CN(C)CCC1NC1CCc2cc(F)ccc21. The van der Waals surface area contributed by atoms with Gasteiger partial charge in [-0.15, -0.1) is 0 Å². The standard InChI is InChI=1S/C16H23FN2/c1-11-10-19(2)8-7-15(11)18-16-6-3-12-9-13(17)4-5-14(12)16/h4-5,9,11,15-16,18H,3,6-8,10H2,1-2H3. The normalized spacial score (nSPS) is 31.4. The van der Waals surface area contributed by atoms with E-state index < -0.39 is 0 Å². The van der Waals surface area contributed by atoms with E-state index in [1.807, 2.05) is 6.07 Å². The van der Waals surface area contributed by atoms with E-state index in [1.165, 1.54) is 30.6 Å². The third kappa shape index (κ3) is 2.67. The van der Waals surface area contributed by atoms with Crippen molar-refractivity contribution in [3.05, 3.63) is 35.1 Å². The number of hydrogen-bond donors (Lipinski definition) is 1. The molecular formula is C16H23FN2. The molecule has 1 N–H and O–H groups in total. The second kappa shape index (κ2) is 5.22. The van der Waals surface area contributed by atoms with Crippen LogP contribution in [-0.2, 0) is 6.42 Å². The van der Waals surface area contributed by atoms with E-state index >= 15 is 0 Å². The van der Waals surface area contributed by atoms with Gasteiger partial charge in [0.25, 0.3) is 0 Å². The molecule has 2 aliphatic rings. The van der Waals surface area contributed by atoms with Crippen LogP contribution in [0.25, 0.3) is 0 Å². The van der Waals surface area contributed by atoms with E-state index in [1.54, 1.807) is 12.1 Å². The van der Waals surface area contributed by atoms with Crippen LogP contribution in [0, 0.1) is 11.7 Å². The van der Waals surface area contributed by atoms with Crippen LogP contribution >= 0.6 is 0 Å². The Morgan fingerprint density at radius 2 is 2.16 bits per heavy atom. The van der Waals surface area contributed by atoms with Crippen molar-refractivity contribution in [2.75, 3.05) is 20.1 Å². The number of hydrogen-bond acceptors (Lipinski definition) is 2. The van der Waals surface area contributed by atoms with Crippen LogP contribution in [0.1, 0.15) is 36.9 Å². The molecule has 3 heteroatoms. The molecule has 1 aromatic rings. The molecule has 0 spiro atoms. The van der Waals surface area contributed by atoms with Gasteiger partial charge in [-0.2, -0.15) is 0 Å². The van der Waals surface area contributed by atoms with Crippen LogP contribution in [0.3, 0.4) is 0 Å². The molecule has 3 unspecified atom stereocenters. The maximum absolute atomic E-state index is 13.2. The molecule has 1 aliphatic heterocycles. The summed E-state index contributed by atoms with van der Waals surface area (Å²) in [6.07, 6.45) is 3.33. The average Bonchev–Trinajstić information content (AvgIpc) is 2.75. The predicted octanol–water partition coefficient (Wildman–Crippen LogP) is 2.74. The van der Waals surface area contributed by atoms with Crippen molar-refractivity contribution in [2.45, 2.75) is 38.3 Å². The highest BCUT2D eigenvalue weighted by Crippen LogP contribution is 2.33. The molecule has 0 aromatic heterocycles. The van der Waals surface area contributed by atoms with Gasteiger partial charge >= 0.3 is 0 Å². The summed E-state index contributed by atoms with van der Waals surface area (Å²) in [6.45, 7) is 4.67. The Bertz CT molecular complexity index is 460. The Labute approximate surface area is 115 Å². The summed E-state index contributed by atoms with van der Waals surface area (Å²) in [7, 11) is 2.19. The number of fused-ring (bicyclic) bond motifs is 1. The fraction of sp³-hybridized carbons (Fsp3) is 0.625. The largest absolute Gasteiger partial charge is 0.307 e. The number of nitrogens with zero attached hydrogens (tertiary/aromatic N) is 1. The molecule has 1 aliphatic carbocycles. The maximum atomic E-state index is 13.2. The zero-order chi connectivity index (χ0) is 13.4. The smallest absolute Gasteiger partial charge is 0.123 e. The number of likely N-dealkylation sites (tertiary alicyclic amines) is 1. The number of aryl methyl sites for hydroxylation is 1. The van der Waals surface area contributed by atoms with Crippen molar-refractivity contribution >= 4 is 0 Å². The minimum absolute atomic E-state index is 0.105. The first kappa shape index (κ1) is 13.1. The van der Waals surface area contributed by atoms with Gasteiger partial charge in [-0.05, 0) is 62.0 Å². The Kier molecular flexibility index (Phi) is 3.59. The quantitative estimate of drug-likeness (QED) is 0.881. The zero-order valence-electron chi connectivity index (χ0n) is 11.8. The molecule has 1 aromatic carbocycles.